The Bertz CT molecular complexity index is 2240. The number of ether oxygens (including phenoxy) is 15. The lowest BCUT2D eigenvalue weighted by Gasteiger charge is -2.48. The van der Waals surface area contributed by atoms with E-state index in [0.29, 0.717) is 5.75 Å². The summed E-state index contributed by atoms with van der Waals surface area (Å²) in [5.74, 6) is -5.57. The van der Waals surface area contributed by atoms with Crippen LogP contribution >= 0.6 is 0 Å². The molecule has 372 valence electrons. The van der Waals surface area contributed by atoms with Crippen molar-refractivity contribution in [3.8, 4) is 11.5 Å². The van der Waals surface area contributed by atoms with Crippen LogP contribution in [-0.4, -0.2) is 156 Å². The fourth-order valence-electron chi connectivity index (χ4n) is 7.66. The summed E-state index contributed by atoms with van der Waals surface area (Å²) in [5, 5.41) is 0. The molecule has 3 fully saturated rings. The third kappa shape index (κ3) is 13.3. The van der Waals surface area contributed by atoms with Crippen LogP contribution in [0, 0.1) is 0 Å². The van der Waals surface area contributed by atoms with Crippen LogP contribution in [0.4, 0.5) is 0 Å². The fraction of sp³-hybridized carbons (Fsp3) is 0.468. The predicted molar refractivity (Wildman–Crippen MR) is 228 cm³/mol. The number of hydrogen-bond acceptors (Lipinski definition) is 22. The Balaban J connectivity index is 1.44. The van der Waals surface area contributed by atoms with E-state index in [2.05, 4.69) is 0 Å². The molecule has 0 spiro atoms. The minimum atomic E-state index is -1.93. The topological polar surface area (TPSA) is 258 Å². The molecule has 0 bridgehead atoms. The highest BCUT2D eigenvalue weighted by Gasteiger charge is 2.58. The molecular formula is C47H52O22. The molecule has 3 aliphatic rings. The lowest BCUT2D eigenvalue weighted by atomic mass is 9.97. The van der Waals surface area contributed by atoms with Crippen LogP contribution in [0.2, 0.25) is 0 Å². The van der Waals surface area contributed by atoms with Crippen LogP contribution in [-0.2, 0) is 85.6 Å². The van der Waals surface area contributed by atoms with E-state index in [-0.39, 0.29) is 16.9 Å². The molecule has 0 amide bonds. The van der Waals surface area contributed by atoms with E-state index >= 15 is 0 Å². The number of esters is 7. The smallest absolute Gasteiger partial charge is 0.338 e. The van der Waals surface area contributed by atoms with E-state index in [9.17, 15) is 33.6 Å². The molecule has 3 aromatic carbocycles. The van der Waals surface area contributed by atoms with Gasteiger partial charge in [-0.25, -0.2) is 14.4 Å². The van der Waals surface area contributed by atoms with Gasteiger partial charge in [-0.05, 0) is 48.5 Å². The molecule has 3 aromatic rings. The van der Waals surface area contributed by atoms with Crippen molar-refractivity contribution in [3.63, 3.8) is 0 Å². The lowest BCUT2D eigenvalue weighted by molar-refractivity contribution is -0.367. The monoisotopic (exact) mass is 968 g/mol. The van der Waals surface area contributed by atoms with Gasteiger partial charge >= 0.3 is 41.8 Å². The number of benzene rings is 3. The van der Waals surface area contributed by atoms with E-state index in [1.54, 1.807) is 60.7 Å². The average Bonchev–Trinajstić information content (AvgIpc) is 3.33. The highest BCUT2D eigenvalue weighted by Crippen LogP contribution is 2.36. The number of hydrogen-bond donors (Lipinski definition) is 0. The zero-order valence-corrected chi connectivity index (χ0v) is 38.5. The first kappa shape index (κ1) is 51.7. The maximum absolute atomic E-state index is 14.0. The molecule has 22 heteroatoms. The molecule has 3 heterocycles. The maximum Gasteiger partial charge on any atom is 0.338 e. The first-order valence-electron chi connectivity index (χ1n) is 21.4. The zero-order valence-electron chi connectivity index (χ0n) is 38.5. The van der Waals surface area contributed by atoms with E-state index in [4.69, 9.17) is 71.1 Å². The summed E-state index contributed by atoms with van der Waals surface area (Å²) in [7, 11) is 3.71. The third-order valence-corrected chi connectivity index (χ3v) is 10.6. The molecular weight excluding hydrogens is 916 g/mol. The van der Waals surface area contributed by atoms with Crippen LogP contribution < -0.4 is 9.47 Å². The SMILES string of the molecule is COC(=O)[C@H]1O[C@H](O[C@H]2[C@H](O[C@@H]3CO[C@@H](Oc4ccc(OC)cc4)[C@H](OC(=O)c4ccccc4)[C@H]3OC(=O)c3ccccc3)OC[C@@H](OC(C)=O)[C@@H]2OC(C)=O)[C@H](OC(C)=O)[C@@H](OC(C)=O)[C@@H]1OC. The summed E-state index contributed by atoms with van der Waals surface area (Å²) in [6.07, 6.45) is -21.2. The molecule has 0 radical (unpaired) electrons. The Kier molecular flexibility index (Phi) is 18.0. The standard InChI is InChI=1S/C47H52O22/c1-24(48)60-32-22-59-46(40(34(32)61-25(2)49)69-47-41(63-27(4)51)37(62-26(3)50)36(56-6)38(68-47)44(54)57-7)65-33-23-58-45(64-31-20-18-30(55-5)19-21-31)39(67-43(53)29-16-12-9-13-17-29)35(33)66-42(52)28-14-10-8-11-15-28/h8-21,32-41,45-47H,22-23H2,1-7H3/t32-,33-,34+,35+,36+,37+,38+,39-,40-,41-,45+,46+,47-/m1/s1. The van der Waals surface area contributed by atoms with Gasteiger partial charge in [0.2, 0.25) is 12.4 Å². The van der Waals surface area contributed by atoms with Crippen LogP contribution in [0.5, 0.6) is 11.5 Å². The molecule has 0 N–H and O–H groups in total. The van der Waals surface area contributed by atoms with Crippen molar-refractivity contribution in [1.82, 2.24) is 0 Å². The van der Waals surface area contributed by atoms with Crippen molar-refractivity contribution in [2.24, 2.45) is 0 Å². The second kappa shape index (κ2) is 24.0. The normalized spacial score (nSPS) is 28.7. The summed E-state index contributed by atoms with van der Waals surface area (Å²) >= 11 is 0. The van der Waals surface area contributed by atoms with Gasteiger partial charge in [0.15, 0.2) is 55.3 Å². The molecule has 3 aliphatic heterocycles. The number of methoxy groups -OCH3 is 3. The van der Waals surface area contributed by atoms with Gasteiger partial charge in [0.1, 0.15) is 23.7 Å². The molecule has 22 nitrogen and oxygen atoms in total. The second-order valence-electron chi connectivity index (χ2n) is 15.5. The summed E-state index contributed by atoms with van der Waals surface area (Å²) in [6.45, 7) is 3.26. The molecule has 0 saturated carbocycles. The van der Waals surface area contributed by atoms with Gasteiger partial charge in [0.05, 0.1) is 38.6 Å². The Labute approximate surface area is 395 Å². The predicted octanol–water partition coefficient (Wildman–Crippen LogP) is 2.65. The van der Waals surface area contributed by atoms with Crippen molar-refractivity contribution in [2.45, 2.75) is 108 Å². The summed E-state index contributed by atoms with van der Waals surface area (Å²) in [5.41, 5.74) is 0.213. The lowest BCUT2D eigenvalue weighted by Crippen LogP contribution is -2.67. The fourth-order valence-corrected chi connectivity index (χ4v) is 7.66. The Morgan fingerprint density at radius 1 is 0.464 bits per heavy atom. The van der Waals surface area contributed by atoms with Crippen LogP contribution in [0.3, 0.4) is 0 Å². The van der Waals surface area contributed by atoms with E-state index in [1.165, 1.54) is 38.5 Å². The minimum absolute atomic E-state index is 0.0978. The van der Waals surface area contributed by atoms with Crippen LogP contribution in [0.1, 0.15) is 48.4 Å². The first-order valence-corrected chi connectivity index (χ1v) is 21.4. The molecule has 3 saturated heterocycles. The Morgan fingerprint density at radius 2 is 0.942 bits per heavy atom. The van der Waals surface area contributed by atoms with Gasteiger partial charge in [-0.1, -0.05) is 36.4 Å². The second-order valence-corrected chi connectivity index (χ2v) is 15.5. The Morgan fingerprint density at radius 3 is 1.48 bits per heavy atom. The van der Waals surface area contributed by atoms with E-state index in [1.807, 2.05) is 0 Å². The van der Waals surface area contributed by atoms with Crippen molar-refractivity contribution in [1.29, 1.82) is 0 Å². The molecule has 69 heavy (non-hydrogen) atoms. The molecule has 0 aromatic heterocycles. The zero-order chi connectivity index (χ0) is 49.8. The van der Waals surface area contributed by atoms with E-state index < -0.39 is 135 Å². The van der Waals surface area contributed by atoms with Gasteiger partial charge in [-0.15, -0.1) is 0 Å². The highest BCUT2D eigenvalue weighted by atomic mass is 16.8. The van der Waals surface area contributed by atoms with Gasteiger partial charge in [0.25, 0.3) is 0 Å². The van der Waals surface area contributed by atoms with Crippen molar-refractivity contribution in [3.05, 3.63) is 96.1 Å². The Hall–Kier alpha value is -6.69. The van der Waals surface area contributed by atoms with Gasteiger partial charge in [-0.3, -0.25) is 19.2 Å². The molecule has 0 aliphatic carbocycles. The number of carbonyl (C=O) groups excluding carboxylic acids is 7. The minimum Gasteiger partial charge on any atom is -0.497 e. The summed E-state index contributed by atoms with van der Waals surface area (Å²) < 4.78 is 88.0. The van der Waals surface area contributed by atoms with Gasteiger partial charge < -0.3 is 71.1 Å². The average molecular weight is 969 g/mol. The van der Waals surface area contributed by atoms with Gasteiger partial charge in [0, 0.05) is 34.8 Å². The summed E-state index contributed by atoms with van der Waals surface area (Å²) in [4.78, 5) is 91.6. The van der Waals surface area contributed by atoms with Crippen molar-refractivity contribution >= 4 is 41.8 Å². The van der Waals surface area contributed by atoms with Crippen molar-refractivity contribution < 1.29 is 105 Å². The third-order valence-electron chi connectivity index (χ3n) is 10.6. The van der Waals surface area contributed by atoms with Crippen LogP contribution in [0.15, 0.2) is 84.9 Å². The van der Waals surface area contributed by atoms with Crippen molar-refractivity contribution in [2.75, 3.05) is 34.5 Å². The number of rotatable bonds is 17. The summed E-state index contributed by atoms with van der Waals surface area (Å²) in [6, 6.07) is 22.2. The van der Waals surface area contributed by atoms with Crippen LogP contribution in [0.25, 0.3) is 0 Å². The van der Waals surface area contributed by atoms with Gasteiger partial charge in [-0.2, -0.15) is 0 Å². The largest absolute Gasteiger partial charge is 0.497 e. The highest BCUT2D eigenvalue weighted by molar-refractivity contribution is 5.90. The molecule has 13 atom stereocenters. The quantitative estimate of drug-likeness (QED) is 0.139. The van der Waals surface area contributed by atoms with E-state index in [0.717, 1.165) is 34.8 Å². The first-order chi connectivity index (χ1) is 33.1. The molecule has 0 unspecified atom stereocenters. The number of carbonyl (C=O) groups is 7. The maximum atomic E-state index is 14.0. The molecule has 6 rings (SSSR count).